The van der Waals surface area contributed by atoms with Gasteiger partial charge in [0.05, 0.1) is 5.69 Å². The Labute approximate surface area is 85.3 Å². The Morgan fingerprint density at radius 3 is 2.29 bits per heavy atom. The van der Waals surface area contributed by atoms with Crippen molar-refractivity contribution < 1.29 is 0 Å². The Kier molecular flexibility index (Phi) is 1.88. The molecular formula is C11H19N3. The molecule has 3 nitrogen and oxygen atoms in total. The molecule has 3 heteroatoms. The van der Waals surface area contributed by atoms with Crippen LogP contribution in [0.25, 0.3) is 0 Å². The quantitative estimate of drug-likeness (QED) is 0.743. The van der Waals surface area contributed by atoms with Crippen molar-refractivity contribution >= 4 is 5.82 Å². The summed E-state index contributed by atoms with van der Waals surface area (Å²) in [5, 5.41) is 0. The maximum atomic E-state index is 6.06. The van der Waals surface area contributed by atoms with Crippen LogP contribution in [0, 0.1) is 0 Å². The van der Waals surface area contributed by atoms with E-state index >= 15 is 0 Å². The monoisotopic (exact) mass is 193 g/mol. The second kappa shape index (κ2) is 2.75. The number of nitrogen functional groups attached to an aromatic ring is 1. The SMILES string of the molecule is Cn1c(C2CC2)nc(C(C)(C)C)c1N. The Hall–Kier alpha value is -0.990. The van der Waals surface area contributed by atoms with Crippen LogP contribution in [0.15, 0.2) is 0 Å². The third-order valence-corrected chi connectivity index (χ3v) is 2.83. The predicted octanol–water partition coefficient (Wildman–Crippen LogP) is 2.18. The molecule has 0 saturated heterocycles. The van der Waals surface area contributed by atoms with Crippen molar-refractivity contribution in [3.63, 3.8) is 0 Å². The van der Waals surface area contributed by atoms with Crippen LogP contribution in [-0.4, -0.2) is 9.55 Å². The average molecular weight is 193 g/mol. The largest absolute Gasteiger partial charge is 0.384 e. The maximum absolute atomic E-state index is 6.06. The zero-order valence-corrected chi connectivity index (χ0v) is 9.46. The van der Waals surface area contributed by atoms with Crippen molar-refractivity contribution in [2.45, 2.75) is 44.9 Å². The van der Waals surface area contributed by atoms with Crippen LogP contribution >= 0.6 is 0 Å². The fourth-order valence-electron chi connectivity index (χ4n) is 1.79. The number of anilines is 1. The van der Waals surface area contributed by atoms with Crippen LogP contribution < -0.4 is 5.73 Å². The molecule has 2 N–H and O–H groups in total. The fourth-order valence-corrected chi connectivity index (χ4v) is 1.79. The molecule has 0 aromatic carbocycles. The lowest BCUT2D eigenvalue weighted by atomic mass is 9.92. The van der Waals surface area contributed by atoms with E-state index < -0.39 is 0 Å². The number of hydrogen-bond donors (Lipinski definition) is 1. The van der Waals surface area contributed by atoms with Gasteiger partial charge in [-0.1, -0.05) is 20.8 Å². The van der Waals surface area contributed by atoms with Crippen LogP contribution in [0.5, 0.6) is 0 Å². The highest BCUT2D eigenvalue weighted by molar-refractivity contribution is 5.43. The Balaban J connectivity index is 2.47. The summed E-state index contributed by atoms with van der Waals surface area (Å²) in [6, 6.07) is 0. The number of hydrogen-bond acceptors (Lipinski definition) is 2. The molecule has 0 bridgehead atoms. The number of nitrogens with two attached hydrogens (primary N) is 1. The molecule has 1 aliphatic carbocycles. The third kappa shape index (κ3) is 1.41. The van der Waals surface area contributed by atoms with Crippen molar-refractivity contribution in [1.29, 1.82) is 0 Å². The lowest BCUT2D eigenvalue weighted by Crippen LogP contribution is -2.14. The lowest BCUT2D eigenvalue weighted by molar-refractivity contribution is 0.573. The molecule has 0 aliphatic heterocycles. The molecule has 0 amide bonds. The van der Waals surface area contributed by atoms with Gasteiger partial charge in [-0.3, -0.25) is 0 Å². The maximum Gasteiger partial charge on any atom is 0.127 e. The van der Waals surface area contributed by atoms with Crippen molar-refractivity contribution in [2.24, 2.45) is 7.05 Å². The molecule has 2 rings (SSSR count). The summed E-state index contributed by atoms with van der Waals surface area (Å²) >= 11 is 0. The highest BCUT2D eigenvalue weighted by Gasteiger charge is 2.32. The highest BCUT2D eigenvalue weighted by Crippen LogP contribution is 2.41. The summed E-state index contributed by atoms with van der Waals surface area (Å²) < 4.78 is 2.05. The van der Waals surface area contributed by atoms with E-state index in [2.05, 4.69) is 30.3 Å². The van der Waals surface area contributed by atoms with Gasteiger partial charge >= 0.3 is 0 Å². The molecule has 0 atom stereocenters. The van der Waals surface area contributed by atoms with Crippen LogP contribution in [0.2, 0.25) is 0 Å². The topological polar surface area (TPSA) is 43.8 Å². The predicted molar refractivity (Wildman–Crippen MR) is 58.3 cm³/mol. The van der Waals surface area contributed by atoms with E-state index in [0.29, 0.717) is 5.92 Å². The molecule has 0 unspecified atom stereocenters. The van der Waals surface area contributed by atoms with Gasteiger partial charge < -0.3 is 10.3 Å². The van der Waals surface area contributed by atoms with Crippen molar-refractivity contribution in [1.82, 2.24) is 9.55 Å². The first-order valence-corrected chi connectivity index (χ1v) is 5.24. The van der Waals surface area contributed by atoms with E-state index in [1.807, 2.05) is 7.05 Å². The van der Waals surface area contributed by atoms with E-state index in [0.717, 1.165) is 11.5 Å². The van der Waals surface area contributed by atoms with Crippen LogP contribution in [0.4, 0.5) is 5.82 Å². The minimum Gasteiger partial charge on any atom is -0.384 e. The highest BCUT2D eigenvalue weighted by atomic mass is 15.1. The van der Waals surface area contributed by atoms with Gasteiger partial charge in [-0.2, -0.15) is 0 Å². The summed E-state index contributed by atoms with van der Waals surface area (Å²) in [6.45, 7) is 6.47. The first-order valence-electron chi connectivity index (χ1n) is 5.24. The summed E-state index contributed by atoms with van der Waals surface area (Å²) in [5.74, 6) is 2.67. The van der Waals surface area contributed by atoms with Gasteiger partial charge in [0.2, 0.25) is 0 Å². The second-order valence-corrected chi connectivity index (χ2v) is 5.29. The molecular weight excluding hydrogens is 174 g/mol. The second-order valence-electron chi connectivity index (χ2n) is 5.29. The molecule has 1 fully saturated rings. The molecule has 1 heterocycles. The number of aromatic nitrogens is 2. The zero-order chi connectivity index (χ0) is 10.5. The summed E-state index contributed by atoms with van der Waals surface area (Å²) in [5.41, 5.74) is 7.15. The van der Waals surface area contributed by atoms with Crippen LogP contribution in [-0.2, 0) is 12.5 Å². The minimum atomic E-state index is 0.0506. The fraction of sp³-hybridized carbons (Fsp3) is 0.727. The average Bonchev–Trinajstić information content (AvgIpc) is 2.81. The molecule has 0 radical (unpaired) electrons. The van der Waals surface area contributed by atoms with E-state index in [1.165, 1.54) is 18.7 Å². The van der Waals surface area contributed by atoms with Crippen molar-refractivity contribution in [3.8, 4) is 0 Å². The Morgan fingerprint density at radius 1 is 1.36 bits per heavy atom. The first kappa shape index (κ1) is 9.56. The summed E-state index contributed by atoms with van der Waals surface area (Å²) in [4.78, 5) is 4.68. The summed E-state index contributed by atoms with van der Waals surface area (Å²) in [6.07, 6.45) is 2.54. The summed E-state index contributed by atoms with van der Waals surface area (Å²) in [7, 11) is 2.02. The van der Waals surface area contributed by atoms with E-state index in [-0.39, 0.29) is 5.41 Å². The molecule has 78 valence electrons. The number of nitrogens with zero attached hydrogens (tertiary/aromatic N) is 2. The van der Waals surface area contributed by atoms with Gasteiger partial charge in [0, 0.05) is 18.4 Å². The van der Waals surface area contributed by atoms with Crippen LogP contribution in [0.1, 0.15) is 51.0 Å². The normalized spacial score (nSPS) is 17.4. The van der Waals surface area contributed by atoms with Gasteiger partial charge in [-0.05, 0) is 12.8 Å². The zero-order valence-electron chi connectivity index (χ0n) is 9.46. The molecule has 1 saturated carbocycles. The van der Waals surface area contributed by atoms with Gasteiger partial charge in [-0.15, -0.1) is 0 Å². The number of rotatable bonds is 1. The molecule has 1 aliphatic rings. The number of imidazole rings is 1. The van der Waals surface area contributed by atoms with Crippen molar-refractivity contribution in [2.75, 3.05) is 5.73 Å². The lowest BCUT2D eigenvalue weighted by Gasteiger charge is -2.15. The molecule has 1 aromatic rings. The van der Waals surface area contributed by atoms with Crippen molar-refractivity contribution in [3.05, 3.63) is 11.5 Å². The molecule has 0 spiro atoms. The van der Waals surface area contributed by atoms with Crippen LogP contribution in [0.3, 0.4) is 0 Å². The molecule has 14 heavy (non-hydrogen) atoms. The van der Waals surface area contributed by atoms with Gasteiger partial charge in [0.25, 0.3) is 0 Å². The van der Waals surface area contributed by atoms with E-state index in [9.17, 15) is 0 Å². The van der Waals surface area contributed by atoms with E-state index in [1.54, 1.807) is 0 Å². The smallest absolute Gasteiger partial charge is 0.127 e. The Bertz CT molecular complexity index is 353. The van der Waals surface area contributed by atoms with Gasteiger partial charge in [0.1, 0.15) is 11.6 Å². The third-order valence-electron chi connectivity index (χ3n) is 2.83. The Morgan fingerprint density at radius 2 is 1.93 bits per heavy atom. The standard InChI is InChI=1S/C11H19N3/c1-11(2,3)8-9(12)14(4)10(13-8)7-5-6-7/h7H,5-6,12H2,1-4H3. The minimum absolute atomic E-state index is 0.0506. The first-order chi connectivity index (χ1) is 6.41. The molecule has 1 aromatic heterocycles. The van der Waals surface area contributed by atoms with Gasteiger partial charge in [-0.25, -0.2) is 4.98 Å². The van der Waals surface area contributed by atoms with E-state index in [4.69, 9.17) is 5.73 Å². The van der Waals surface area contributed by atoms with Gasteiger partial charge in [0.15, 0.2) is 0 Å².